The minimum atomic E-state index is -0.375. The van der Waals surface area contributed by atoms with Gasteiger partial charge in [-0.2, -0.15) is 0 Å². The zero-order valence-corrected chi connectivity index (χ0v) is 17.6. The van der Waals surface area contributed by atoms with Gasteiger partial charge >= 0.3 is 5.97 Å². The lowest BCUT2D eigenvalue weighted by Crippen LogP contribution is -2.43. The number of para-hydroxylation sites is 1. The Bertz CT molecular complexity index is 848. The fourth-order valence-electron chi connectivity index (χ4n) is 3.24. The van der Waals surface area contributed by atoms with Crippen LogP contribution in [0.4, 0.5) is 0 Å². The first kappa shape index (κ1) is 21.2. The number of rotatable bonds is 7. The topological polar surface area (TPSA) is 94.8 Å². The second-order valence-electron chi connectivity index (χ2n) is 6.69. The van der Waals surface area contributed by atoms with Crippen molar-refractivity contribution < 1.29 is 23.5 Å². The van der Waals surface area contributed by atoms with E-state index in [2.05, 4.69) is 10.2 Å². The molecule has 0 aliphatic carbocycles. The number of carbonyl (C=O) groups excluding carboxylic acids is 2. The molecule has 2 aromatic rings. The van der Waals surface area contributed by atoms with Crippen molar-refractivity contribution in [3.8, 4) is 17.2 Å². The first-order chi connectivity index (χ1) is 14.0. The predicted octanol–water partition coefficient (Wildman–Crippen LogP) is 3.03. The summed E-state index contributed by atoms with van der Waals surface area (Å²) in [5, 5.41) is 8.08. The summed E-state index contributed by atoms with van der Waals surface area (Å²) in [6.45, 7) is 5.09. The van der Waals surface area contributed by atoms with Gasteiger partial charge in [0.2, 0.25) is 5.91 Å². The number of aromatic nitrogens is 2. The SMILES string of the molecule is CCOC(=O)C1CCN(C(=O)C(C)Sc2nnc(-c3ccccc3OC)o2)CC1. The van der Waals surface area contributed by atoms with Gasteiger partial charge in [0.1, 0.15) is 5.75 Å². The van der Waals surface area contributed by atoms with Gasteiger partial charge in [0.15, 0.2) is 0 Å². The van der Waals surface area contributed by atoms with Crippen molar-refractivity contribution in [3.63, 3.8) is 0 Å². The molecule has 156 valence electrons. The van der Waals surface area contributed by atoms with Gasteiger partial charge in [-0.25, -0.2) is 0 Å². The van der Waals surface area contributed by atoms with E-state index in [0.717, 1.165) is 0 Å². The molecular weight excluding hydrogens is 394 g/mol. The smallest absolute Gasteiger partial charge is 0.309 e. The molecule has 1 saturated heterocycles. The number of esters is 1. The maximum Gasteiger partial charge on any atom is 0.309 e. The molecule has 8 nitrogen and oxygen atoms in total. The van der Waals surface area contributed by atoms with Crippen LogP contribution in [0.15, 0.2) is 33.9 Å². The molecule has 9 heteroatoms. The molecule has 29 heavy (non-hydrogen) atoms. The third-order valence-electron chi connectivity index (χ3n) is 4.80. The van der Waals surface area contributed by atoms with Crippen molar-refractivity contribution >= 4 is 23.6 Å². The summed E-state index contributed by atoms with van der Waals surface area (Å²) in [6.07, 6.45) is 1.25. The van der Waals surface area contributed by atoms with Crippen LogP contribution in [0.5, 0.6) is 5.75 Å². The minimum absolute atomic E-state index is 0.00523. The van der Waals surface area contributed by atoms with E-state index in [9.17, 15) is 9.59 Å². The van der Waals surface area contributed by atoms with Crippen molar-refractivity contribution in [1.82, 2.24) is 15.1 Å². The fraction of sp³-hybridized carbons (Fsp3) is 0.500. The summed E-state index contributed by atoms with van der Waals surface area (Å²) in [6, 6.07) is 7.38. The van der Waals surface area contributed by atoms with Gasteiger partial charge in [0.05, 0.1) is 30.4 Å². The average Bonchev–Trinajstić information content (AvgIpc) is 3.21. The summed E-state index contributed by atoms with van der Waals surface area (Å²) in [5.41, 5.74) is 0.703. The number of amides is 1. The fourth-order valence-corrected chi connectivity index (χ4v) is 4.01. The Morgan fingerprint density at radius 3 is 2.69 bits per heavy atom. The minimum Gasteiger partial charge on any atom is -0.496 e. The predicted molar refractivity (Wildman–Crippen MR) is 108 cm³/mol. The van der Waals surface area contributed by atoms with Crippen molar-refractivity contribution in [2.45, 2.75) is 37.2 Å². The number of thioether (sulfide) groups is 1. The maximum absolute atomic E-state index is 12.8. The quantitative estimate of drug-likeness (QED) is 0.499. The molecule has 3 rings (SSSR count). The molecule has 0 spiro atoms. The van der Waals surface area contributed by atoms with Crippen LogP contribution < -0.4 is 4.74 Å². The van der Waals surface area contributed by atoms with Crippen LogP contribution in [0.2, 0.25) is 0 Å². The van der Waals surface area contributed by atoms with Crippen molar-refractivity contribution in [2.75, 3.05) is 26.8 Å². The Hall–Kier alpha value is -2.55. The molecule has 1 atom stereocenters. The molecule has 0 radical (unpaired) electrons. The third-order valence-corrected chi connectivity index (χ3v) is 5.72. The zero-order valence-electron chi connectivity index (χ0n) is 16.8. The molecule has 0 N–H and O–H groups in total. The van der Waals surface area contributed by atoms with Gasteiger partial charge in [-0.1, -0.05) is 23.9 Å². The van der Waals surface area contributed by atoms with Gasteiger partial charge < -0.3 is 18.8 Å². The van der Waals surface area contributed by atoms with E-state index >= 15 is 0 Å². The van der Waals surface area contributed by atoms with Crippen LogP contribution in [0.25, 0.3) is 11.5 Å². The number of ether oxygens (including phenoxy) is 2. The van der Waals surface area contributed by atoms with E-state index in [1.807, 2.05) is 31.2 Å². The van der Waals surface area contributed by atoms with E-state index in [0.29, 0.717) is 55.0 Å². The summed E-state index contributed by atoms with van der Waals surface area (Å²) < 4.78 is 16.1. The highest BCUT2D eigenvalue weighted by molar-refractivity contribution is 8.00. The Morgan fingerprint density at radius 1 is 1.28 bits per heavy atom. The highest BCUT2D eigenvalue weighted by Gasteiger charge is 2.31. The molecule has 0 bridgehead atoms. The molecule has 1 aromatic heterocycles. The largest absolute Gasteiger partial charge is 0.496 e. The normalized spacial score (nSPS) is 15.8. The van der Waals surface area contributed by atoms with E-state index in [1.54, 1.807) is 18.9 Å². The lowest BCUT2D eigenvalue weighted by Gasteiger charge is -2.32. The molecule has 1 fully saturated rings. The Labute approximate surface area is 173 Å². The monoisotopic (exact) mass is 419 g/mol. The van der Waals surface area contributed by atoms with Crippen LogP contribution in [-0.4, -0.2) is 59.0 Å². The average molecular weight is 420 g/mol. The van der Waals surface area contributed by atoms with Gasteiger partial charge in [0, 0.05) is 13.1 Å². The maximum atomic E-state index is 12.8. The van der Waals surface area contributed by atoms with Gasteiger partial charge in [-0.15, -0.1) is 10.2 Å². The molecule has 2 heterocycles. The van der Waals surface area contributed by atoms with Gasteiger partial charge in [0.25, 0.3) is 11.1 Å². The highest BCUT2D eigenvalue weighted by atomic mass is 32.2. The second-order valence-corrected chi connectivity index (χ2v) is 7.98. The van der Waals surface area contributed by atoms with Crippen LogP contribution in [-0.2, 0) is 14.3 Å². The van der Waals surface area contributed by atoms with Crippen LogP contribution in [0.3, 0.4) is 0 Å². The van der Waals surface area contributed by atoms with Crippen LogP contribution >= 0.6 is 11.8 Å². The van der Waals surface area contributed by atoms with E-state index in [4.69, 9.17) is 13.9 Å². The summed E-state index contributed by atoms with van der Waals surface area (Å²) in [7, 11) is 1.58. The first-order valence-electron chi connectivity index (χ1n) is 9.62. The highest BCUT2D eigenvalue weighted by Crippen LogP contribution is 2.32. The molecule has 1 amide bonds. The Morgan fingerprint density at radius 2 is 2.00 bits per heavy atom. The summed E-state index contributed by atoms with van der Waals surface area (Å²) in [5.74, 6) is 0.688. The third kappa shape index (κ3) is 5.09. The lowest BCUT2D eigenvalue weighted by atomic mass is 9.97. The lowest BCUT2D eigenvalue weighted by molar-refractivity contribution is -0.151. The number of hydrogen-bond acceptors (Lipinski definition) is 8. The number of benzene rings is 1. The molecule has 1 aliphatic heterocycles. The Balaban J connectivity index is 1.57. The molecular formula is C20H25N3O5S. The van der Waals surface area contributed by atoms with Crippen molar-refractivity contribution in [1.29, 1.82) is 0 Å². The summed E-state index contributed by atoms with van der Waals surface area (Å²) >= 11 is 1.23. The molecule has 0 saturated carbocycles. The van der Waals surface area contributed by atoms with Gasteiger partial charge in [-0.05, 0) is 38.8 Å². The molecule has 1 aromatic carbocycles. The van der Waals surface area contributed by atoms with E-state index in [1.165, 1.54) is 11.8 Å². The zero-order chi connectivity index (χ0) is 20.8. The second kappa shape index (κ2) is 9.78. The van der Waals surface area contributed by atoms with Crippen molar-refractivity contribution in [2.24, 2.45) is 5.92 Å². The van der Waals surface area contributed by atoms with E-state index < -0.39 is 0 Å². The number of nitrogens with zero attached hydrogens (tertiary/aromatic N) is 3. The van der Waals surface area contributed by atoms with Crippen LogP contribution in [0, 0.1) is 5.92 Å². The molecule has 1 aliphatic rings. The standard InChI is InChI=1S/C20H25N3O5S/c1-4-27-19(25)14-9-11-23(12-10-14)18(24)13(2)29-20-22-21-17(28-20)15-7-5-6-8-16(15)26-3/h5-8,13-14H,4,9-12H2,1-3H3. The Kier molecular flexibility index (Phi) is 7.13. The summed E-state index contributed by atoms with van der Waals surface area (Å²) in [4.78, 5) is 26.4. The number of hydrogen-bond donors (Lipinski definition) is 0. The van der Waals surface area contributed by atoms with Crippen LogP contribution in [0.1, 0.15) is 26.7 Å². The molecule has 1 unspecified atom stereocenters. The number of methoxy groups -OCH3 is 1. The van der Waals surface area contributed by atoms with Crippen molar-refractivity contribution in [3.05, 3.63) is 24.3 Å². The van der Waals surface area contributed by atoms with Gasteiger partial charge in [-0.3, -0.25) is 9.59 Å². The number of carbonyl (C=O) groups is 2. The number of piperidine rings is 1. The number of likely N-dealkylation sites (tertiary alicyclic amines) is 1. The van der Waals surface area contributed by atoms with E-state index in [-0.39, 0.29) is 23.0 Å². The first-order valence-corrected chi connectivity index (χ1v) is 10.5.